The molecule has 6 heteroatoms. The molecule has 106 valence electrons. The summed E-state index contributed by atoms with van der Waals surface area (Å²) in [6, 6.07) is 9.70. The maximum atomic E-state index is 9.53. The fraction of sp³-hybridized carbons (Fsp3) is 0. The second kappa shape index (κ2) is 5.31. The third kappa shape index (κ3) is 2.68. The van der Waals surface area contributed by atoms with Gasteiger partial charge in [0.1, 0.15) is 5.82 Å². The molecule has 0 aliphatic rings. The Labute approximate surface area is 130 Å². The highest BCUT2D eigenvalue weighted by Crippen LogP contribution is 2.32. The first-order valence-electron chi connectivity index (χ1n) is 6.07. The molecule has 0 atom stereocenters. The van der Waals surface area contributed by atoms with Crippen LogP contribution >= 0.6 is 23.2 Å². The zero-order valence-corrected chi connectivity index (χ0v) is 12.2. The smallest absolute Gasteiger partial charge is 0.158 e. The summed E-state index contributed by atoms with van der Waals surface area (Å²) in [5, 5.41) is 19.9. The van der Waals surface area contributed by atoms with Crippen molar-refractivity contribution in [2.45, 2.75) is 0 Å². The normalized spacial score (nSPS) is 10.8. The number of aromatic hydroxyl groups is 2. The van der Waals surface area contributed by atoms with Crippen LogP contribution < -0.4 is 0 Å². The first-order valence-corrected chi connectivity index (χ1v) is 6.83. The van der Waals surface area contributed by atoms with E-state index in [9.17, 15) is 10.2 Å². The third-order valence-corrected chi connectivity index (χ3v) is 3.59. The van der Waals surface area contributed by atoms with Crippen LogP contribution in [0, 0.1) is 0 Å². The number of aromatic nitrogens is 2. The van der Waals surface area contributed by atoms with Crippen LogP contribution in [0.15, 0.2) is 42.6 Å². The first kappa shape index (κ1) is 13.8. The number of imidazole rings is 1. The molecule has 0 fully saturated rings. The molecule has 0 saturated carbocycles. The van der Waals surface area contributed by atoms with Crippen LogP contribution in [0.2, 0.25) is 10.0 Å². The van der Waals surface area contributed by atoms with Crippen molar-refractivity contribution in [2.24, 2.45) is 0 Å². The van der Waals surface area contributed by atoms with Crippen molar-refractivity contribution >= 4 is 23.2 Å². The fourth-order valence-electron chi connectivity index (χ4n) is 1.98. The number of benzene rings is 2. The fourth-order valence-corrected chi connectivity index (χ4v) is 2.49. The van der Waals surface area contributed by atoms with Gasteiger partial charge in [0.25, 0.3) is 0 Å². The minimum atomic E-state index is -0.199. The van der Waals surface area contributed by atoms with E-state index in [-0.39, 0.29) is 11.5 Å². The average Bonchev–Trinajstić information content (AvgIpc) is 2.91. The van der Waals surface area contributed by atoms with Crippen LogP contribution in [0.25, 0.3) is 22.6 Å². The minimum Gasteiger partial charge on any atom is -0.504 e. The summed E-state index contributed by atoms with van der Waals surface area (Å²) in [6.07, 6.45) is 1.65. The highest BCUT2D eigenvalue weighted by Gasteiger charge is 2.10. The van der Waals surface area contributed by atoms with Gasteiger partial charge in [0.05, 0.1) is 16.9 Å². The van der Waals surface area contributed by atoms with Gasteiger partial charge in [0.15, 0.2) is 11.5 Å². The van der Waals surface area contributed by atoms with Gasteiger partial charge >= 0.3 is 0 Å². The lowest BCUT2D eigenvalue weighted by Gasteiger charge is -2.02. The van der Waals surface area contributed by atoms with Crippen LogP contribution in [-0.2, 0) is 0 Å². The maximum absolute atomic E-state index is 9.53. The number of hydrogen-bond donors (Lipinski definition) is 3. The Morgan fingerprint density at radius 2 is 1.76 bits per heavy atom. The van der Waals surface area contributed by atoms with Crippen molar-refractivity contribution in [3.05, 3.63) is 52.6 Å². The Bertz CT molecular complexity index is 815. The number of aromatic amines is 1. The predicted molar refractivity (Wildman–Crippen MR) is 82.8 cm³/mol. The van der Waals surface area contributed by atoms with Gasteiger partial charge in [-0.3, -0.25) is 0 Å². The lowest BCUT2D eigenvalue weighted by atomic mass is 10.1. The van der Waals surface area contributed by atoms with Gasteiger partial charge in [0.2, 0.25) is 0 Å². The van der Waals surface area contributed by atoms with Crippen molar-refractivity contribution in [3.8, 4) is 34.1 Å². The van der Waals surface area contributed by atoms with Gasteiger partial charge in [-0.15, -0.1) is 0 Å². The van der Waals surface area contributed by atoms with E-state index in [1.165, 1.54) is 12.1 Å². The highest BCUT2D eigenvalue weighted by atomic mass is 35.5. The topological polar surface area (TPSA) is 69.1 Å². The van der Waals surface area contributed by atoms with Crippen molar-refractivity contribution in [3.63, 3.8) is 0 Å². The van der Waals surface area contributed by atoms with Crippen LogP contribution in [0.4, 0.5) is 0 Å². The highest BCUT2D eigenvalue weighted by molar-refractivity contribution is 6.36. The predicted octanol–water partition coefficient (Wildman–Crippen LogP) is 4.46. The monoisotopic (exact) mass is 320 g/mol. The molecule has 2 aromatic carbocycles. The molecule has 1 aromatic heterocycles. The van der Waals surface area contributed by atoms with E-state index < -0.39 is 0 Å². The molecule has 3 N–H and O–H groups in total. The van der Waals surface area contributed by atoms with E-state index in [1.54, 1.807) is 30.5 Å². The molecule has 0 spiro atoms. The van der Waals surface area contributed by atoms with Gasteiger partial charge in [0, 0.05) is 16.1 Å². The summed E-state index contributed by atoms with van der Waals surface area (Å²) >= 11 is 12.0. The Hall–Kier alpha value is -2.17. The van der Waals surface area contributed by atoms with Crippen LogP contribution in [-0.4, -0.2) is 20.2 Å². The standard InChI is InChI=1S/C15H10Cl2N2O2/c16-9-2-3-10(11(17)6-9)12-7-18-15(19-12)8-1-4-13(20)14(21)5-8/h1-7,20-21H,(H,18,19). The summed E-state index contributed by atoms with van der Waals surface area (Å²) < 4.78 is 0. The average molecular weight is 321 g/mol. The molecule has 0 unspecified atom stereocenters. The van der Waals surface area contributed by atoms with Crippen molar-refractivity contribution in [2.75, 3.05) is 0 Å². The summed E-state index contributed by atoms with van der Waals surface area (Å²) in [7, 11) is 0. The molecule has 0 radical (unpaired) electrons. The molecular weight excluding hydrogens is 311 g/mol. The third-order valence-electron chi connectivity index (χ3n) is 3.05. The SMILES string of the molecule is Oc1ccc(-c2ncc(-c3ccc(Cl)cc3Cl)[nH]2)cc1O. The summed E-state index contributed by atoms with van der Waals surface area (Å²) in [5.74, 6) is 0.188. The molecule has 0 amide bonds. The number of phenols is 2. The lowest BCUT2D eigenvalue weighted by molar-refractivity contribution is 0.404. The largest absolute Gasteiger partial charge is 0.504 e. The number of nitrogens with one attached hydrogen (secondary N) is 1. The summed E-state index contributed by atoms with van der Waals surface area (Å²) in [6.45, 7) is 0. The van der Waals surface area contributed by atoms with E-state index in [0.717, 1.165) is 11.3 Å². The number of nitrogens with zero attached hydrogens (tertiary/aromatic N) is 1. The Kier molecular flexibility index (Phi) is 3.49. The van der Waals surface area contributed by atoms with E-state index >= 15 is 0 Å². The molecule has 0 aliphatic carbocycles. The molecule has 3 aromatic rings. The van der Waals surface area contributed by atoms with Crippen molar-refractivity contribution in [1.29, 1.82) is 0 Å². The molecule has 4 nitrogen and oxygen atoms in total. The quantitative estimate of drug-likeness (QED) is 0.610. The van der Waals surface area contributed by atoms with Crippen LogP contribution in [0.3, 0.4) is 0 Å². The lowest BCUT2D eigenvalue weighted by Crippen LogP contribution is -1.82. The molecule has 3 rings (SSSR count). The van der Waals surface area contributed by atoms with Crippen molar-refractivity contribution < 1.29 is 10.2 Å². The Morgan fingerprint density at radius 3 is 2.48 bits per heavy atom. The number of H-pyrrole nitrogens is 1. The number of rotatable bonds is 2. The molecule has 0 bridgehead atoms. The van der Waals surface area contributed by atoms with E-state index in [0.29, 0.717) is 21.4 Å². The molecule has 21 heavy (non-hydrogen) atoms. The van der Waals surface area contributed by atoms with Gasteiger partial charge < -0.3 is 15.2 Å². The van der Waals surface area contributed by atoms with E-state index in [1.807, 2.05) is 0 Å². The van der Waals surface area contributed by atoms with Crippen LogP contribution in [0.1, 0.15) is 0 Å². The second-order valence-corrected chi connectivity index (χ2v) is 5.32. The van der Waals surface area contributed by atoms with Gasteiger partial charge in [-0.1, -0.05) is 23.2 Å². The van der Waals surface area contributed by atoms with E-state index in [2.05, 4.69) is 9.97 Å². The van der Waals surface area contributed by atoms with E-state index in [4.69, 9.17) is 23.2 Å². The molecule has 0 aliphatic heterocycles. The zero-order chi connectivity index (χ0) is 15.0. The minimum absolute atomic E-state index is 0.175. The summed E-state index contributed by atoms with van der Waals surface area (Å²) in [4.78, 5) is 7.38. The maximum Gasteiger partial charge on any atom is 0.158 e. The Morgan fingerprint density at radius 1 is 0.952 bits per heavy atom. The Balaban J connectivity index is 2.01. The first-order chi connectivity index (χ1) is 10.0. The molecule has 0 saturated heterocycles. The van der Waals surface area contributed by atoms with Crippen molar-refractivity contribution in [1.82, 2.24) is 9.97 Å². The molecular formula is C15H10Cl2N2O2. The van der Waals surface area contributed by atoms with Crippen LogP contribution in [0.5, 0.6) is 11.5 Å². The van der Waals surface area contributed by atoms with Gasteiger partial charge in [-0.25, -0.2) is 4.98 Å². The number of hydrogen-bond acceptors (Lipinski definition) is 3. The van der Waals surface area contributed by atoms with Gasteiger partial charge in [-0.05, 0) is 36.4 Å². The van der Waals surface area contributed by atoms with Gasteiger partial charge in [-0.2, -0.15) is 0 Å². The summed E-state index contributed by atoms with van der Waals surface area (Å²) in [5.41, 5.74) is 2.17. The zero-order valence-electron chi connectivity index (χ0n) is 10.6. The number of halogens is 2. The molecule has 1 heterocycles. The number of phenolic OH excluding ortho intramolecular Hbond substituents is 2. The second-order valence-electron chi connectivity index (χ2n) is 4.47.